The summed E-state index contributed by atoms with van der Waals surface area (Å²) in [7, 11) is 1.49. The van der Waals surface area contributed by atoms with Gasteiger partial charge in [-0.1, -0.05) is 17.7 Å². The second-order valence-electron chi connectivity index (χ2n) is 7.12. The largest absolute Gasteiger partial charge is 0.375 e. The fourth-order valence-electron chi connectivity index (χ4n) is 3.66. The van der Waals surface area contributed by atoms with Gasteiger partial charge in [-0.2, -0.15) is 0 Å². The monoisotopic (exact) mass is 472 g/mol. The lowest BCUT2D eigenvalue weighted by atomic mass is 10.0. The number of carbonyl (C=O) groups excluding carboxylic acids is 1. The van der Waals surface area contributed by atoms with E-state index in [0.717, 1.165) is 31.8 Å². The van der Waals surface area contributed by atoms with E-state index in [1.54, 1.807) is 6.20 Å². The van der Waals surface area contributed by atoms with Crippen molar-refractivity contribution in [1.29, 1.82) is 0 Å². The van der Waals surface area contributed by atoms with Crippen LogP contribution in [0.4, 0.5) is 11.4 Å². The summed E-state index contributed by atoms with van der Waals surface area (Å²) < 4.78 is 5.61. The molecule has 0 saturated carbocycles. The number of hydrogen-bond acceptors (Lipinski definition) is 5. The zero-order chi connectivity index (χ0) is 22.0. The fraction of sp³-hybridized carbons (Fsp3) is 0.227. The third kappa shape index (κ3) is 4.57. The molecular weight excluding hydrogens is 452 g/mol. The number of halogens is 1. The zero-order valence-electron chi connectivity index (χ0n) is 17.0. The first kappa shape index (κ1) is 21.7. The first-order valence-electron chi connectivity index (χ1n) is 9.63. The highest BCUT2D eigenvalue weighted by Crippen LogP contribution is 2.44. The lowest BCUT2D eigenvalue weighted by molar-refractivity contribution is -0.119. The van der Waals surface area contributed by atoms with Gasteiger partial charge in [-0.25, -0.2) is 0 Å². The van der Waals surface area contributed by atoms with Gasteiger partial charge in [0, 0.05) is 29.6 Å². The summed E-state index contributed by atoms with van der Waals surface area (Å²) in [6.45, 7) is 1.96. The van der Waals surface area contributed by atoms with Gasteiger partial charge in [0.1, 0.15) is 6.61 Å². The molecule has 1 fully saturated rings. The minimum Gasteiger partial charge on any atom is -0.375 e. The molecule has 4 rings (SSSR count). The summed E-state index contributed by atoms with van der Waals surface area (Å²) in [5.74, 6) is -0.196. The summed E-state index contributed by atoms with van der Waals surface area (Å²) in [4.78, 5) is 19.6. The minimum atomic E-state index is -0.196. The molecule has 1 amide bonds. The maximum Gasteiger partial charge on any atom is 0.250 e. The van der Waals surface area contributed by atoms with E-state index in [1.807, 2.05) is 55.5 Å². The lowest BCUT2D eigenvalue weighted by Gasteiger charge is -2.27. The fourth-order valence-corrected chi connectivity index (χ4v) is 5.20. The number of ether oxygens (including phenoxy) is 1. The van der Waals surface area contributed by atoms with E-state index >= 15 is 0 Å². The van der Waals surface area contributed by atoms with Crippen molar-refractivity contribution in [2.24, 2.45) is 0 Å². The average Bonchev–Trinajstić information content (AvgIpc) is 3.33. The number of methoxy groups -OCH3 is 1. The van der Waals surface area contributed by atoms with Crippen molar-refractivity contribution in [3.8, 4) is 0 Å². The van der Waals surface area contributed by atoms with Crippen molar-refractivity contribution in [2.75, 3.05) is 23.9 Å². The van der Waals surface area contributed by atoms with E-state index in [9.17, 15) is 4.79 Å². The summed E-state index contributed by atoms with van der Waals surface area (Å²) >= 11 is 13.5. The van der Waals surface area contributed by atoms with Gasteiger partial charge in [-0.05, 0) is 67.2 Å². The molecule has 3 heterocycles. The Morgan fingerprint density at radius 3 is 2.81 bits per heavy atom. The molecular formula is C22H21ClN4O2S2. The van der Waals surface area contributed by atoms with E-state index in [2.05, 4.69) is 20.5 Å². The van der Waals surface area contributed by atoms with Crippen LogP contribution in [0.25, 0.3) is 0 Å². The van der Waals surface area contributed by atoms with Crippen molar-refractivity contribution in [3.05, 3.63) is 75.2 Å². The third-order valence-corrected chi connectivity index (χ3v) is 6.64. The van der Waals surface area contributed by atoms with Crippen molar-refractivity contribution in [2.45, 2.75) is 19.0 Å². The molecule has 1 aliphatic heterocycles. The Morgan fingerprint density at radius 1 is 1.32 bits per heavy atom. The number of pyridine rings is 1. The van der Waals surface area contributed by atoms with Crippen LogP contribution < -0.4 is 15.5 Å². The Bertz CT molecular complexity index is 1110. The summed E-state index contributed by atoms with van der Waals surface area (Å²) in [6.07, 6.45) is 1.78. The van der Waals surface area contributed by atoms with Crippen molar-refractivity contribution in [3.63, 3.8) is 0 Å². The number of carbonyl (C=O) groups is 1. The standard InChI is InChI=1S/C22H21ClN4O2S2/c1-13-11-14(6-7-15(13)25-19(28)12-29-2)27-21(17-8-9-18(23)31-17)20(26-22(27)30)16-5-3-4-10-24-16/h3-11,20-21H,12H2,1-2H3,(H,25,28)(H,26,30). The Balaban J connectivity index is 1.71. The van der Waals surface area contributed by atoms with E-state index in [-0.39, 0.29) is 24.6 Å². The van der Waals surface area contributed by atoms with Gasteiger partial charge in [0.25, 0.3) is 0 Å². The molecule has 2 N–H and O–H groups in total. The Hall–Kier alpha value is -2.52. The van der Waals surface area contributed by atoms with Crippen LogP contribution in [-0.2, 0) is 9.53 Å². The van der Waals surface area contributed by atoms with Gasteiger partial charge in [0.05, 0.1) is 22.1 Å². The van der Waals surface area contributed by atoms with E-state index in [0.29, 0.717) is 5.11 Å². The normalized spacial score (nSPS) is 18.2. The van der Waals surface area contributed by atoms with Gasteiger partial charge in [0.2, 0.25) is 5.91 Å². The smallest absolute Gasteiger partial charge is 0.250 e. The Kier molecular flexibility index (Phi) is 6.52. The molecule has 1 aliphatic rings. The lowest BCUT2D eigenvalue weighted by Crippen LogP contribution is -2.29. The van der Waals surface area contributed by atoms with Crippen LogP contribution in [-0.4, -0.2) is 29.7 Å². The molecule has 0 spiro atoms. The number of nitrogens with one attached hydrogen (secondary N) is 2. The molecule has 1 saturated heterocycles. The molecule has 2 atom stereocenters. The predicted molar refractivity (Wildman–Crippen MR) is 129 cm³/mol. The third-order valence-electron chi connectivity index (χ3n) is 5.02. The Labute approximate surface area is 195 Å². The highest BCUT2D eigenvalue weighted by atomic mass is 35.5. The van der Waals surface area contributed by atoms with Crippen molar-refractivity contribution in [1.82, 2.24) is 10.3 Å². The van der Waals surface area contributed by atoms with Gasteiger partial charge >= 0.3 is 0 Å². The SMILES string of the molecule is COCC(=O)Nc1ccc(N2C(=S)NC(c3ccccn3)C2c2ccc(Cl)s2)cc1C. The number of nitrogens with zero attached hydrogens (tertiary/aromatic N) is 2. The number of amides is 1. The van der Waals surface area contributed by atoms with Crippen LogP contribution in [0.2, 0.25) is 4.34 Å². The maximum absolute atomic E-state index is 11.9. The first-order valence-corrected chi connectivity index (χ1v) is 11.2. The van der Waals surface area contributed by atoms with E-state index < -0.39 is 0 Å². The Morgan fingerprint density at radius 2 is 2.16 bits per heavy atom. The zero-order valence-corrected chi connectivity index (χ0v) is 19.4. The van der Waals surface area contributed by atoms with Gasteiger partial charge in [-0.3, -0.25) is 9.78 Å². The molecule has 2 unspecified atom stereocenters. The summed E-state index contributed by atoms with van der Waals surface area (Å²) in [5.41, 5.74) is 3.49. The predicted octanol–water partition coefficient (Wildman–Crippen LogP) is 4.87. The van der Waals surface area contributed by atoms with Gasteiger partial charge in [0.15, 0.2) is 5.11 Å². The minimum absolute atomic E-state index is 0.00822. The molecule has 2 aromatic heterocycles. The second kappa shape index (κ2) is 9.32. The van der Waals surface area contributed by atoms with Crippen LogP contribution in [0.15, 0.2) is 54.7 Å². The summed E-state index contributed by atoms with van der Waals surface area (Å²) in [6, 6.07) is 15.4. The maximum atomic E-state index is 11.9. The number of rotatable bonds is 6. The topological polar surface area (TPSA) is 66.5 Å². The van der Waals surface area contributed by atoms with Crippen LogP contribution in [0, 0.1) is 6.92 Å². The van der Waals surface area contributed by atoms with Crippen LogP contribution >= 0.6 is 35.2 Å². The molecule has 6 nitrogen and oxygen atoms in total. The van der Waals surface area contributed by atoms with Crippen LogP contribution in [0.3, 0.4) is 0 Å². The molecule has 9 heteroatoms. The quantitative estimate of drug-likeness (QED) is 0.499. The number of hydrogen-bond donors (Lipinski definition) is 2. The highest BCUT2D eigenvalue weighted by Gasteiger charge is 2.41. The number of aryl methyl sites for hydroxylation is 1. The highest BCUT2D eigenvalue weighted by molar-refractivity contribution is 7.80. The molecule has 160 valence electrons. The first-order chi connectivity index (χ1) is 15.0. The average molecular weight is 473 g/mol. The molecule has 0 aliphatic carbocycles. The van der Waals surface area contributed by atoms with E-state index in [4.69, 9.17) is 28.6 Å². The number of thiophene rings is 1. The molecule has 31 heavy (non-hydrogen) atoms. The summed E-state index contributed by atoms with van der Waals surface area (Å²) in [5, 5.41) is 6.91. The van der Waals surface area contributed by atoms with E-state index in [1.165, 1.54) is 18.4 Å². The number of anilines is 2. The van der Waals surface area contributed by atoms with Crippen molar-refractivity contribution < 1.29 is 9.53 Å². The van der Waals surface area contributed by atoms with Crippen LogP contribution in [0.5, 0.6) is 0 Å². The molecule has 1 aromatic carbocycles. The van der Waals surface area contributed by atoms with Gasteiger partial charge in [-0.15, -0.1) is 11.3 Å². The van der Waals surface area contributed by atoms with Crippen molar-refractivity contribution >= 4 is 57.5 Å². The molecule has 0 bridgehead atoms. The number of aromatic nitrogens is 1. The number of thiocarbonyl (C=S) groups is 1. The molecule has 0 radical (unpaired) electrons. The second-order valence-corrected chi connectivity index (χ2v) is 9.25. The van der Waals surface area contributed by atoms with Gasteiger partial charge < -0.3 is 20.3 Å². The molecule has 3 aromatic rings. The van der Waals surface area contributed by atoms with Crippen LogP contribution in [0.1, 0.15) is 28.2 Å². The number of benzene rings is 1.